The highest BCUT2D eigenvalue weighted by molar-refractivity contribution is 7.84. The van der Waals surface area contributed by atoms with Crippen LogP contribution >= 0.6 is 0 Å². The first-order valence-electron chi connectivity index (χ1n) is 5.59. The second-order valence-electron chi connectivity index (χ2n) is 4.25. The zero-order valence-electron chi connectivity index (χ0n) is 10.3. The number of carboxylic acids is 1. The molecule has 0 saturated carbocycles. The number of carboxylic acid groups (broad SMARTS) is 1. The summed E-state index contributed by atoms with van der Waals surface area (Å²) in [4.78, 5) is 22.4. The van der Waals surface area contributed by atoms with Crippen molar-refractivity contribution in [2.75, 3.05) is 26.0 Å². The van der Waals surface area contributed by atoms with E-state index in [1.807, 2.05) is 0 Å². The lowest BCUT2D eigenvalue weighted by molar-refractivity contribution is -0.142. The van der Waals surface area contributed by atoms with E-state index >= 15 is 0 Å². The van der Waals surface area contributed by atoms with Crippen LogP contribution in [0.25, 0.3) is 0 Å². The molecule has 1 aliphatic rings. The highest BCUT2D eigenvalue weighted by atomic mass is 32.2. The number of aliphatic carboxylic acids is 1. The quantitative estimate of drug-likeness (QED) is 0.608. The Bertz CT molecular complexity index is 349. The Morgan fingerprint density at radius 3 is 2.72 bits per heavy atom. The van der Waals surface area contributed by atoms with Crippen molar-refractivity contribution in [1.29, 1.82) is 0 Å². The van der Waals surface area contributed by atoms with Crippen molar-refractivity contribution in [3.8, 4) is 0 Å². The Balaban J connectivity index is 2.36. The third kappa shape index (κ3) is 4.26. The summed E-state index contributed by atoms with van der Waals surface area (Å²) in [7, 11) is -1.01. The molecule has 1 aliphatic heterocycles. The van der Waals surface area contributed by atoms with Crippen LogP contribution in [0.4, 0.5) is 4.79 Å². The van der Waals surface area contributed by atoms with E-state index in [-0.39, 0.29) is 25.0 Å². The van der Waals surface area contributed by atoms with Gasteiger partial charge in [0, 0.05) is 28.9 Å². The standard InChI is InChI=1S/C10H18N2O5S/c1-6(18(2)16)3-11-10(15)12-8-5-17-4-7(8)9(13)14/h6-8H,3-5H2,1-2H3,(H,13,14)(H2,11,12,15). The summed E-state index contributed by atoms with van der Waals surface area (Å²) < 4.78 is 16.1. The molecule has 18 heavy (non-hydrogen) atoms. The van der Waals surface area contributed by atoms with E-state index < -0.39 is 34.8 Å². The van der Waals surface area contributed by atoms with Crippen LogP contribution in [0, 0.1) is 5.92 Å². The van der Waals surface area contributed by atoms with Crippen LogP contribution in [0.2, 0.25) is 0 Å². The van der Waals surface area contributed by atoms with E-state index in [1.54, 1.807) is 13.2 Å². The van der Waals surface area contributed by atoms with Crippen LogP contribution < -0.4 is 10.6 Å². The van der Waals surface area contributed by atoms with Crippen LogP contribution in [0.1, 0.15) is 6.92 Å². The maximum absolute atomic E-state index is 11.5. The molecule has 4 atom stereocenters. The maximum Gasteiger partial charge on any atom is 0.315 e. The number of carbonyl (C=O) groups is 2. The van der Waals surface area contributed by atoms with Crippen LogP contribution in [-0.4, -0.2) is 58.6 Å². The molecule has 3 N–H and O–H groups in total. The van der Waals surface area contributed by atoms with Gasteiger partial charge < -0.3 is 20.5 Å². The molecule has 0 aromatic carbocycles. The summed E-state index contributed by atoms with van der Waals surface area (Å²) in [6, 6.07) is -0.987. The number of urea groups is 1. The molecule has 0 bridgehead atoms. The van der Waals surface area contributed by atoms with Gasteiger partial charge in [-0.05, 0) is 6.92 Å². The average molecular weight is 278 g/mol. The number of hydrogen-bond acceptors (Lipinski definition) is 4. The van der Waals surface area contributed by atoms with Crippen molar-refractivity contribution in [3.63, 3.8) is 0 Å². The first-order chi connectivity index (χ1) is 8.41. The van der Waals surface area contributed by atoms with Gasteiger partial charge in [-0.1, -0.05) is 0 Å². The van der Waals surface area contributed by atoms with Gasteiger partial charge in [-0.15, -0.1) is 0 Å². The van der Waals surface area contributed by atoms with Crippen molar-refractivity contribution in [2.24, 2.45) is 5.92 Å². The summed E-state index contributed by atoms with van der Waals surface area (Å²) >= 11 is 0. The van der Waals surface area contributed by atoms with Crippen molar-refractivity contribution >= 4 is 22.8 Å². The highest BCUT2D eigenvalue weighted by Crippen LogP contribution is 2.13. The molecule has 2 amide bonds. The Morgan fingerprint density at radius 1 is 1.50 bits per heavy atom. The van der Waals surface area contributed by atoms with Gasteiger partial charge in [-0.25, -0.2) is 4.79 Å². The summed E-state index contributed by atoms with van der Waals surface area (Å²) in [5.74, 6) is -1.70. The zero-order valence-corrected chi connectivity index (χ0v) is 11.2. The van der Waals surface area contributed by atoms with Gasteiger partial charge in [0.1, 0.15) is 5.92 Å². The third-order valence-electron chi connectivity index (χ3n) is 2.83. The SMILES string of the molecule is CC(CNC(=O)NC1COCC1C(=O)O)S(C)=O. The van der Waals surface area contributed by atoms with Crippen LogP contribution in [-0.2, 0) is 20.3 Å². The molecule has 4 unspecified atom stereocenters. The molecular formula is C10H18N2O5S. The van der Waals surface area contributed by atoms with Gasteiger partial charge in [-0.2, -0.15) is 0 Å². The molecule has 0 aromatic rings. The van der Waals surface area contributed by atoms with Crippen molar-refractivity contribution in [1.82, 2.24) is 10.6 Å². The second kappa shape index (κ2) is 6.69. The smallest absolute Gasteiger partial charge is 0.315 e. The molecule has 0 spiro atoms. The Morgan fingerprint density at radius 2 is 2.17 bits per heavy atom. The van der Waals surface area contributed by atoms with Crippen molar-refractivity contribution in [2.45, 2.75) is 18.2 Å². The van der Waals surface area contributed by atoms with E-state index in [0.29, 0.717) is 0 Å². The fraction of sp³-hybridized carbons (Fsp3) is 0.800. The molecule has 1 heterocycles. The number of hydrogen-bond donors (Lipinski definition) is 3. The van der Waals surface area contributed by atoms with Gasteiger partial charge in [0.2, 0.25) is 0 Å². The molecule has 0 aromatic heterocycles. The number of nitrogens with one attached hydrogen (secondary N) is 2. The first kappa shape index (κ1) is 14.9. The number of rotatable bonds is 5. The largest absolute Gasteiger partial charge is 0.481 e. The summed E-state index contributed by atoms with van der Waals surface area (Å²) in [6.45, 7) is 2.34. The average Bonchev–Trinajstić information content (AvgIpc) is 2.73. The second-order valence-corrected chi connectivity index (χ2v) is 6.05. The fourth-order valence-corrected chi connectivity index (χ4v) is 1.83. The van der Waals surface area contributed by atoms with Crippen LogP contribution in [0.15, 0.2) is 0 Å². The third-order valence-corrected chi connectivity index (χ3v) is 4.13. The van der Waals surface area contributed by atoms with Crippen LogP contribution in [0.5, 0.6) is 0 Å². The lowest BCUT2D eigenvalue weighted by Gasteiger charge is -2.17. The van der Waals surface area contributed by atoms with Gasteiger partial charge in [-0.3, -0.25) is 9.00 Å². The Kier molecular flexibility index (Phi) is 5.54. The minimum Gasteiger partial charge on any atom is -0.481 e. The van der Waals surface area contributed by atoms with Crippen molar-refractivity contribution in [3.05, 3.63) is 0 Å². The highest BCUT2D eigenvalue weighted by Gasteiger charge is 2.35. The summed E-state index contributed by atoms with van der Waals surface area (Å²) in [5, 5.41) is 13.9. The molecular weight excluding hydrogens is 260 g/mol. The molecule has 1 saturated heterocycles. The number of amides is 2. The topological polar surface area (TPSA) is 105 Å². The molecule has 7 nitrogen and oxygen atoms in total. The molecule has 0 aliphatic carbocycles. The molecule has 1 rings (SSSR count). The predicted molar refractivity (Wildman–Crippen MR) is 65.8 cm³/mol. The number of carbonyl (C=O) groups excluding carboxylic acids is 1. The molecule has 0 radical (unpaired) electrons. The Labute approximate surface area is 108 Å². The van der Waals surface area contributed by atoms with E-state index in [2.05, 4.69) is 10.6 Å². The van der Waals surface area contributed by atoms with Gasteiger partial charge >= 0.3 is 12.0 Å². The van der Waals surface area contributed by atoms with Gasteiger partial charge in [0.25, 0.3) is 0 Å². The monoisotopic (exact) mass is 278 g/mol. The zero-order chi connectivity index (χ0) is 13.7. The minimum absolute atomic E-state index is 0.107. The van der Waals surface area contributed by atoms with E-state index in [4.69, 9.17) is 9.84 Å². The summed E-state index contributed by atoms with van der Waals surface area (Å²) in [5.41, 5.74) is 0. The number of ether oxygens (including phenoxy) is 1. The minimum atomic E-state index is -1.01. The molecule has 104 valence electrons. The summed E-state index contributed by atoms with van der Waals surface area (Å²) in [6.07, 6.45) is 1.57. The maximum atomic E-state index is 11.5. The van der Waals surface area contributed by atoms with E-state index in [1.165, 1.54) is 0 Å². The van der Waals surface area contributed by atoms with Crippen molar-refractivity contribution < 1.29 is 23.6 Å². The Hall–Kier alpha value is -1.15. The first-order valence-corrected chi connectivity index (χ1v) is 7.21. The fourth-order valence-electron chi connectivity index (χ4n) is 1.51. The lowest BCUT2D eigenvalue weighted by Crippen LogP contribution is -2.48. The molecule has 8 heteroatoms. The lowest BCUT2D eigenvalue weighted by atomic mass is 10.0. The normalized spacial score (nSPS) is 26.3. The van der Waals surface area contributed by atoms with Crippen LogP contribution in [0.3, 0.4) is 0 Å². The van der Waals surface area contributed by atoms with Gasteiger partial charge in [0.05, 0.1) is 19.3 Å². The van der Waals surface area contributed by atoms with E-state index in [9.17, 15) is 13.8 Å². The molecule has 1 fully saturated rings. The van der Waals surface area contributed by atoms with E-state index in [0.717, 1.165) is 0 Å². The van der Waals surface area contributed by atoms with Gasteiger partial charge in [0.15, 0.2) is 0 Å². The predicted octanol–water partition coefficient (Wildman–Crippen LogP) is -0.848.